The lowest BCUT2D eigenvalue weighted by atomic mass is 10.2. The number of nitrogens with one attached hydrogen (secondary N) is 3. The molecule has 0 aliphatic heterocycles. The third-order valence-corrected chi connectivity index (χ3v) is 5.11. The Labute approximate surface area is 139 Å². The number of hydrogen-bond acceptors (Lipinski definition) is 3. The second-order valence-corrected chi connectivity index (χ2v) is 7.32. The summed E-state index contributed by atoms with van der Waals surface area (Å²) in [4.78, 5) is 13.3. The fourth-order valence-corrected chi connectivity index (χ4v) is 3.20. The topological polar surface area (TPSA) is 79.7 Å². The molecule has 1 rings (SSSR count). The highest BCUT2D eigenvalue weighted by Gasteiger charge is 2.11. The minimum atomic E-state index is -3.34. The number of carbonyl (C=O) groups excluding carboxylic acids is 1. The first-order chi connectivity index (χ1) is 11.0. The van der Waals surface area contributed by atoms with E-state index in [-0.39, 0.29) is 18.2 Å². The van der Waals surface area contributed by atoms with Crippen molar-refractivity contribution in [2.75, 3.05) is 38.5 Å². The molecule has 0 heterocycles. The molecule has 1 aromatic rings. The van der Waals surface area contributed by atoms with E-state index in [2.05, 4.69) is 23.9 Å². The van der Waals surface area contributed by atoms with Crippen molar-refractivity contribution in [1.29, 1.82) is 0 Å². The van der Waals surface area contributed by atoms with Gasteiger partial charge >= 0.3 is 0 Å². The van der Waals surface area contributed by atoms with Gasteiger partial charge in [-0.15, -0.1) is 0 Å². The van der Waals surface area contributed by atoms with E-state index >= 15 is 0 Å². The van der Waals surface area contributed by atoms with Crippen LogP contribution in [0.3, 0.4) is 0 Å². The molecular formula is C16H28N3O3S+. The van der Waals surface area contributed by atoms with Gasteiger partial charge in [-0.1, -0.05) is 18.2 Å². The van der Waals surface area contributed by atoms with Crippen LogP contribution in [0.25, 0.3) is 0 Å². The third kappa shape index (κ3) is 8.11. The number of quaternary nitrogens is 1. The van der Waals surface area contributed by atoms with Crippen LogP contribution < -0.4 is 14.9 Å². The lowest BCUT2D eigenvalue weighted by Crippen LogP contribution is -3.11. The predicted molar refractivity (Wildman–Crippen MR) is 92.1 cm³/mol. The summed E-state index contributed by atoms with van der Waals surface area (Å²) in [7, 11) is -3.34. The molecule has 1 amide bonds. The van der Waals surface area contributed by atoms with Crippen molar-refractivity contribution in [2.45, 2.75) is 20.3 Å². The van der Waals surface area contributed by atoms with Gasteiger partial charge in [0.2, 0.25) is 10.0 Å². The normalized spacial score (nSPS) is 11.6. The van der Waals surface area contributed by atoms with E-state index in [1.165, 1.54) is 4.90 Å². The highest BCUT2D eigenvalue weighted by atomic mass is 32.2. The summed E-state index contributed by atoms with van der Waals surface area (Å²) >= 11 is 0. The van der Waals surface area contributed by atoms with Gasteiger partial charge in [0.05, 0.1) is 25.4 Å². The van der Waals surface area contributed by atoms with E-state index in [1.54, 1.807) is 24.3 Å². The Morgan fingerprint density at radius 3 is 2.35 bits per heavy atom. The maximum absolute atomic E-state index is 11.9. The molecule has 0 radical (unpaired) electrons. The first-order valence-electron chi connectivity index (χ1n) is 8.12. The zero-order valence-electron chi connectivity index (χ0n) is 14.0. The maximum atomic E-state index is 11.9. The summed E-state index contributed by atoms with van der Waals surface area (Å²) in [6.07, 6.45) is 0.812. The number of hydrogen-bond donors (Lipinski definition) is 3. The van der Waals surface area contributed by atoms with Gasteiger partial charge in [-0.2, -0.15) is 0 Å². The number of benzene rings is 1. The molecule has 0 saturated carbocycles. The third-order valence-electron chi connectivity index (χ3n) is 3.72. The van der Waals surface area contributed by atoms with Crippen molar-refractivity contribution in [3.05, 3.63) is 35.9 Å². The Morgan fingerprint density at radius 1 is 1.09 bits per heavy atom. The Hall–Kier alpha value is -1.44. The van der Waals surface area contributed by atoms with Crippen LogP contribution in [0.1, 0.15) is 30.6 Å². The Bertz CT molecular complexity index is 557. The Kier molecular flexibility index (Phi) is 8.83. The van der Waals surface area contributed by atoms with Crippen molar-refractivity contribution in [2.24, 2.45) is 0 Å². The van der Waals surface area contributed by atoms with E-state index in [0.717, 1.165) is 26.1 Å². The minimum Gasteiger partial charge on any atom is -0.351 e. The molecule has 0 aliphatic rings. The van der Waals surface area contributed by atoms with Crippen LogP contribution in [0.15, 0.2) is 30.3 Å². The fraction of sp³-hybridized carbons (Fsp3) is 0.562. The average molecular weight is 342 g/mol. The van der Waals surface area contributed by atoms with E-state index < -0.39 is 10.0 Å². The Morgan fingerprint density at radius 2 is 1.74 bits per heavy atom. The van der Waals surface area contributed by atoms with Crippen molar-refractivity contribution in [3.63, 3.8) is 0 Å². The van der Waals surface area contributed by atoms with Crippen LogP contribution in [0.2, 0.25) is 0 Å². The van der Waals surface area contributed by atoms with Crippen LogP contribution in [-0.4, -0.2) is 52.8 Å². The predicted octanol–water partition coefficient (Wildman–Crippen LogP) is -0.349. The lowest BCUT2D eigenvalue weighted by molar-refractivity contribution is -0.896. The summed E-state index contributed by atoms with van der Waals surface area (Å²) in [6.45, 7) is 7.85. The highest BCUT2D eigenvalue weighted by Crippen LogP contribution is 1.97. The SMILES string of the molecule is CC[NH+](CC)CCCNS(=O)(=O)CCNC(=O)c1ccccc1. The highest BCUT2D eigenvalue weighted by molar-refractivity contribution is 7.89. The average Bonchev–Trinajstić information content (AvgIpc) is 2.55. The monoisotopic (exact) mass is 342 g/mol. The van der Waals surface area contributed by atoms with Crippen LogP contribution in [0, 0.1) is 0 Å². The molecule has 0 aliphatic carbocycles. The van der Waals surface area contributed by atoms with E-state index in [1.807, 2.05) is 6.07 Å². The van der Waals surface area contributed by atoms with Crippen molar-refractivity contribution in [3.8, 4) is 0 Å². The number of rotatable bonds is 11. The van der Waals surface area contributed by atoms with E-state index in [4.69, 9.17) is 0 Å². The molecule has 0 unspecified atom stereocenters. The molecule has 6 nitrogen and oxygen atoms in total. The number of amides is 1. The molecular weight excluding hydrogens is 314 g/mol. The van der Waals surface area contributed by atoms with Gasteiger partial charge in [0.15, 0.2) is 0 Å². The summed E-state index contributed by atoms with van der Waals surface area (Å²) < 4.78 is 26.3. The first-order valence-corrected chi connectivity index (χ1v) is 9.78. The number of carbonyl (C=O) groups is 1. The molecule has 3 N–H and O–H groups in total. The zero-order valence-corrected chi connectivity index (χ0v) is 14.8. The van der Waals surface area contributed by atoms with Gasteiger partial charge in [0, 0.05) is 25.1 Å². The molecule has 7 heteroatoms. The largest absolute Gasteiger partial charge is 0.351 e. The molecule has 0 spiro atoms. The quantitative estimate of drug-likeness (QED) is 0.481. The van der Waals surface area contributed by atoms with Crippen molar-refractivity contribution < 1.29 is 18.1 Å². The van der Waals surface area contributed by atoms with Gasteiger partial charge in [-0.05, 0) is 26.0 Å². The molecule has 0 bridgehead atoms. The molecule has 1 aromatic carbocycles. The summed E-state index contributed by atoms with van der Waals surface area (Å²) in [5.41, 5.74) is 0.528. The molecule has 23 heavy (non-hydrogen) atoms. The van der Waals surface area contributed by atoms with E-state index in [9.17, 15) is 13.2 Å². The van der Waals surface area contributed by atoms with Crippen LogP contribution in [0.4, 0.5) is 0 Å². The summed E-state index contributed by atoms with van der Waals surface area (Å²) in [5.74, 6) is -0.366. The maximum Gasteiger partial charge on any atom is 0.251 e. The molecule has 0 fully saturated rings. The Balaban J connectivity index is 2.24. The molecule has 130 valence electrons. The second kappa shape index (κ2) is 10.4. The zero-order chi connectivity index (χ0) is 17.1. The van der Waals surface area contributed by atoms with E-state index in [0.29, 0.717) is 12.1 Å². The molecule has 0 aromatic heterocycles. The van der Waals surface area contributed by atoms with Crippen molar-refractivity contribution >= 4 is 15.9 Å². The lowest BCUT2D eigenvalue weighted by Gasteiger charge is -2.15. The summed E-state index contributed by atoms with van der Waals surface area (Å²) in [6, 6.07) is 8.75. The van der Waals surface area contributed by atoms with Crippen LogP contribution in [-0.2, 0) is 10.0 Å². The second-order valence-electron chi connectivity index (χ2n) is 5.40. The smallest absolute Gasteiger partial charge is 0.251 e. The van der Waals surface area contributed by atoms with Crippen molar-refractivity contribution in [1.82, 2.24) is 10.0 Å². The molecule has 0 saturated heterocycles. The molecule has 0 atom stereocenters. The van der Waals surface area contributed by atoms with Crippen LogP contribution in [0.5, 0.6) is 0 Å². The fourth-order valence-electron chi connectivity index (χ4n) is 2.23. The van der Waals surface area contributed by atoms with Gasteiger partial charge < -0.3 is 10.2 Å². The minimum absolute atomic E-state index is 0.102. The first kappa shape index (κ1) is 19.6. The van der Waals surface area contributed by atoms with Gasteiger partial charge in [0.1, 0.15) is 0 Å². The number of sulfonamides is 1. The van der Waals surface area contributed by atoms with Crippen LogP contribution >= 0.6 is 0 Å². The van der Waals surface area contributed by atoms with Gasteiger partial charge in [-0.3, -0.25) is 4.79 Å². The van der Waals surface area contributed by atoms with Gasteiger partial charge in [-0.25, -0.2) is 13.1 Å². The standard InChI is InChI=1S/C16H27N3O3S/c1-3-19(4-2)13-8-11-18-23(21,22)14-12-17-16(20)15-9-6-5-7-10-15/h5-7,9-10,18H,3-4,8,11-14H2,1-2H3,(H,17,20)/p+1. The van der Waals surface area contributed by atoms with Gasteiger partial charge in [0.25, 0.3) is 5.91 Å². The summed E-state index contributed by atoms with van der Waals surface area (Å²) in [5, 5.41) is 2.62.